The third kappa shape index (κ3) is 11.8. The summed E-state index contributed by atoms with van der Waals surface area (Å²) in [4.78, 5) is 12.0. The number of rotatable bonds is 14. The average molecular weight is 473 g/mol. The monoisotopic (exact) mass is 471 g/mol. The number of aliphatic hydroxyl groups is 1. The normalized spacial score (nSPS) is 16.7. The van der Waals surface area contributed by atoms with Crippen LogP contribution in [0.25, 0.3) is 0 Å². The highest BCUT2D eigenvalue weighted by Crippen LogP contribution is 2.23. The molecule has 0 saturated carbocycles. The number of halogens is 2. The van der Waals surface area contributed by atoms with E-state index in [0.717, 1.165) is 12.8 Å². The molecule has 4 atom stereocenters. The van der Waals surface area contributed by atoms with Gasteiger partial charge in [-0.15, -0.1) is 0 Å². The predicted molar refractivity (Wildman–Crippen MR) is 108 cm³/mol. The second-order valence-electron chi connectivity index (χ2n) is 6.95. The first-order chi connectivity index (χ1) is 11.3. The number of esters is 1. The van der Waals surface area contributed by atoms with Crippen LogP contribution in [0.4, 0.5) is 0 Å². The van der Waals surface area contributed by atoms with Crippen molar-refractivity contribution >= 4 is 37.8 Å². The van der Waals surface area contributed by atoms with Crippen LogP contribution in [0, 0.1) is 5.92 Å². The summed E-state index contributed by atoms with van der Waals surface area (Å²) >= 11 is 6.93. The van der Waals surface area contributed by atoms with E-state index in [1.165, 1.54) is 38.5 Å². The molecule has 0 saturated heterocycles. The summed E-state index contributed by atoms with van der Waals surface area (Å²) in [5.41, 5.74) is 5.84. The molecule has 0 spiro atoms. The van der Waals surface area contributed by atoms with Crippen LogP contribution in [0.5, 0.6) is 0 Å². The molecule has 0 rings (SSSR count). The summed E-state index contributed by atoms with van der Waals surface area (Å²) in [5, 5.41) is 9.49. The Morgan fingerprint density at radius 1 is 1.08 bits per heavy atom. The molecular weight excluding hydrogens is 438 g/mol. The fraction of sp³-hybridized carbons (Fsp3) is 0.944. The van der Waals surface area contributed by atoms with Gasteiger partial charge in [0.05, 0.1) is 4.83 Å². The van der Waals surface area contributed by atoms with E-state index >= 15 is 0 Å². The van der Waals surface area contributed by atoms with Gasteiger partial charge in [0.25, 0.3) is 0 Å². The first kappa shape index (κ1) is 24.4. The van der Waals surface area contributed by atoms with Crippen LogP contribution >= 0.6 is 31.9 Å². The minimum Gasteiger partial charge on any atom is -0.448 e. The number of unbranched alkanes of at least 4 members (excludes halogenated alkanes) is 6. The summed E-state index contributed by atoms with van der Waals surface area (Å²) < 4.78 is 5.29. The molecule has 0 aromatic rings. The van der Waals surface area contributed by atoms with Crippen molar-refractivity contribution in [1.82, 2.24) is 0 Å². The Hall–Kier alpha value is 0.350. The van der Waals surface area contributed by atoms with Gasteiger partial charge < -0.3 is 15.6 Å². The maximum Gasteiger partial charge on any atom is 0.337 e. The van der Waals surface area contributed by atoms with Gasteiger partial charge in [-0.05, 0) is 34.7 Å². The number of nitrogens with two attached hydrogens (primary N) is 1. The molecule has 0 aromatic heterocycles. The van der Waals surface area contributed by atoms with Crippen molar-refractivity contribution in [3.63, 3.8) is 0 Å². The average Bonchev–Trinajstić information content (AvgIpc) is 2.52. The van der Waals surface area contributed by atoms with Crippen LogP contribution in [0.15, 0.2) is 0 Å². The predicted octanol–water partition coefficient (Wildman–Crippen LogP) is 4.89. The molecule has 0 aliphatic carbocycles. The van der Waals surface area contributed by atoms with E-state index in [1.807, 2.05) is 13.8 Å². The zero-order valence-electron chi connectivity index (χ0n) is 15.3. The molecule has 4 nitrogen and oxygen atoms in total. The number of hydrogen-bond acceptors (Lipinski definition) is 4. The molecule has 0 bridgehead atoms. The molecule has 0 aliphatic heterocycles. The lowest BCUT2D eigenvalue weighted by Gasteiger charge is -2.23. The van der Waals surface area contributed by atoms with E-state index in [4.69, 9.17) is 10.5 Å². The highest BCUT2D eigenvalue weighted by Gasteiger charge is 2.28. The maximum absolute atomic E-state index is 12.0. The number of hydrogen-bond donors (Lipinski definition) is 2. The largest absolute Gasteiger partial charge is 0.448 e. The van der Waals surface area contributed by atoms with Crippen LogP contribution in [0.1, 0.15) is 78.6 Å². The Morgan fingerprint density at radius 3 is 2.17 bits per heavy atom. The summed E-state index contributed by atoms with van der Waals surface area (Å²) in [6.07, 6.45) is 8.99. The molecule has 0 aromatic carbocycles. The number of alkyl halides is 2. The molecule has 0 radical (unpaired) electrons. The van der Waals surface area contributed by atoms with E-state index in [1.54, 1.807) is 0 Å². The van der Waals surface area contributed by atoms with E-state index in [2.05, 4.69) is 38.8 Å². The van der Waals surface area contributed by atoms with Gasteiger partial charge in [-0.25, -0.2) is 4.79 Å². The number of carbonyl (C=O) groups is 1. The fourth-order valence-electron chi connectivity index (χ4n) is 2.53. The molecule has 3 N–H and O–H groups in total. The van der Waals surface area contributed by atoms with Gasteiger partial charge in [0.15, 0.2) is 11.1 Å². The quantitative estimate of drug-likeness (QED) is 0.214. The van der Waals surface area contributed by atoms with Crippen molar-refractivity contribution in [2.24, 2.45) is 11.7 Å². The van der Waals surface area contributed by atoms with Crippen molar-refractivity contribution in [2.75, 3.05) is 0 Å². The second kappa shape index (κ2) is 14.5. The zero-order valence-corrected chi connectivity index (χ0v) is 18.5. The van der Waals surface area contributed by atoms with E-state index in [9.17, 15) is 9.90 Å². The van der Waals surface area contributed by atoms with Gasteiger partial charge in [-0.3, -0.25) is 0 Å². The first-order valence-electron chi connectivity index (χ1n) is 9.21. The minimum absolute atomic E-state index is 0.0330. The third-order valence-electron chi connectivity index (χ3n) is 3.99. The summed E-state index contributed by atoms with van der Waals surface area (Å²) in [6, 6.07) is -0.589. The molecule has 0 amide bonds. The SMILES string of the molecule is CCCCCCCCCC(Br)C(Br)OC(=O)C(O)[C@@H](N)CC(C)C. The van der Waals surface area contributed by atoms with Crippen molar-refractivity contribution in [1.29, 1.82) is 0 Å². The number of ether oxygens (including phenoxy) is 1. The Balaban J connectivity index is 3.95. The molecule has 0 heterocycles. The third-order valence-corrected chi connectivity index (χ3v) is 6.46. The first-order valence-corrected chi connectivity index (χ1v) is 11.0. The van der Waals surface area contributed by atoms with Crippen molar-refractivity contribution in [2.45, 2.75) is 101 Å². The molecular formula is C18H35Br2NO3. The Kier molecular flexibility index (Phi) is 14.7. The van der Waals surface area contributed by atoms with Crippen LogP contribution in [-0.4, -0.2) is 33.1 Å². The maximum atomic E-state index is 12.0. The molecule has 6 heteroatoms. The zero-order chi connectivity index (χ0) is 18.5. The van der Waals surface area contributed by atoms with Gasteiger partial charge in [-0.2, -0.15) is 0 Å². The summed E-state index contributed by atoms with van der Waals surface area (Å²) in [5.74, 6) is -0.336. The Morgan fingerprint density at radius 2 is 1.62 bits per heavy atom. The molecule has 144 valence electrons. The number of aliphatic hydroxyl groups excluding tert-OH is 1. The van der Waals surface area contributed by atoms with Gasteiger partial charge in [0.1, 0.15) is 0 Å². The van der Waals surface area contributed by atoms with Crippen LogP contribution < -0.4 is 5.73 Å². The lowest BCUT2D eigenvalue weighted by Crippen LogP contribution is -2.43. The lowest BCUT2D eigenvalue weighted by atomic mass is 10.0. The standard InChI is InChI=1S/C18H35Br2NO3/c1-4-5-6-7-8-9-10-11-14(19)17(20)24-18(23)16(22)15(21)12-13(2)3/h13-17,22H,4-12,21H2,1-3H3/t14?,15-,16?,17?/m0/s1. The molecule has 3 unspecified atom stereocenters. The van der Waals surface area contributed by atoms with E-state index < -0.39 is 23.1 Å². The van der Waals surface area contributed by atoms with Crippen LogP contribution in [-0.2, 0) is 9.53 Å². The molecule has 24 heavy (non-hydrogen) atoms. The topological polar surface area (TPSA) is 72.5 Å². The second-order valence-corrected chi connectivity index (χ2v) is 9.03. The van der Waals surface area contributed by atoms with Gasteiger partial charge in [-0.1, -0.05) is 81.6 Å². The van der Waals surface area contributed by atoms with Gasteiger partial charge in [0, 0.05) is 6.04 Å². The Labute approximate surface area is 164 Å². The molecule has 0 aliphatic rings. The van der Waals surface area contributed by atoms with Crippen LogP contribution in [0.3, 0.4) is 0 Å². The minimum atomic E-state index is -1.27. The highest BCUT2D eigenvalue weighted by atomic mass is 79.9. The summed E-state index contributed by atoms with van der Waals surface area (Å²) in [6.45, 7) is 6.23. The number of carbonyl (C=O) groups excluding carboxylic acids is 1. The van der Waals surface area contributed by atoms with E-state index in [0.29, 0.717) is 12.3 Å². The smallest absolute Gasteiger partial charge is 0.337 e. The van der Waals surface area contributed by atoms with E-state index in [-0.39, 0.29) is 4.83 Å². The van der Waals surface area contributed by atoms with Crippen molar-refractivity contribution < 1.29 is 14.6 Å². The summed E-state index contributed by atoms with van der Waals surface area (Å²) in [7, 11) is 0. The van der Waals surface area contributed by atoms with Gasteiger partial charge in [0.2, 0.25) is 0 Å². The highest BCUT2D eigenvalue weighted by molar-refractivity contribution is 9.12. The van der Waals surface area contributed by atoms with Crippen molar-refractivity contribution in [3.05, 3.63) is 0 Å². The van der Waals surface area contributed by atoms with Crippen LogP contribution in [0.2, 0.25) is 0 Å². The molecule has 0 fully saturated rings. The Bertz CT molecular complexity index is 329. The lowest BCUT2D eigenvalue weighted by molar-refractivity contribution is -0.156. The fourth-order valence-corrected chi connectivity index (χ4v) is 3.41. The van der Waals surface area contributed by atoms with Crippen molar-refractivity contribution in [3.8, 4) is 0 Å². The van der Waals surface area contributed by atoms with Gasteiger partial charge >= 0.3 is 5.97 Å².